The Labute approximate surface area is 156 Å². The van der Waals surface area contributed by atoms with Crippen molar-refractivity contribution in [2.45, 2.75) is 38.9 Å². The Kier molecular flexibility index (Phi) is 5.36. The number of imidazole rings is 1. The van der Waals surface area contributed by atoms with E-state index in [1.54, 1.807) is 18.8 Å². The van der Waals surface area contributed by atoms with Crippen LogP contribution in [0.25, 0.3) is 11.2 Å². The molecule has 26 heavy (non-hydrogen) atoms. The molecule has 0 atom stereocenters. The molecule has 3 aromatic rings. The highest BCUT2D eigenvalue weighted by Gasteiger charge is 2.18. The number of H-pyrrole nitrogens is 1. The van der Waals surface area contributed by atoms with Crippen LogP contribution in [0, 0.1) is 12.8 Å². The van der Waals surface area contributed by atoms with Gasteiger partial charge in [-0.05, 0) is 24.8 Å². The summed E-state index contributed by atoms with van der Waals surface area (Å²) < 4.78 is 3.32. The molecule has 138 valence electrons. The van der Waals surface area contributed by atoms with Crippen molar-refractivity contribution in [3.8, 4) is 0 Å². The first-order valence-electron chi connectivity index (χ1n) is 8.74. The highest BCUT2D eigenvalue weighted by molar-refractivity contribution is 7.99. The predicted octanol–water partition coefficient (Wildman–Crippen LogP) is 2.92. The Bertz CT molecular complexity index is 1030. The second-order valence-electron chi connectivity index (χ2n) is 6.99. The van der Waals surface area contributed by atoms with Crippen LogP contribution in [0.4, 0.5) is 0 Å². The summed E-state index contributed by atoms with van der Waals surface area (Å²) >= 11 is 1.63. The van der Waals surface area contributed by atoms with Crippen molar-refractivity contribution in [2.24, 2.45) is 13.0 Å². The van der Waals surface area contributed by atoms with Gasteiger partial charge in [0, 0.05) is 12.8 Å². The summed E-state index contributed by atoms with van der Waals surface area (Å²) in [6, 6.07) is 8.22. The van der Waals surface area contributed by atoms with Gasteiger partial charge in [0.25, 0.3) is 5.56 Å². The van der Waals surface area contributed by atoms with Crippen molar-refractivity contribution >= 4 is 22.9 Å². The number of aryl methyl sites for hydroxylation is 2. The third kappa shape index (κ3) is 3.77. The molecule has 0 unspecified atom stereocenters. The number of nitrogens with one attached hydrogen (secondary N) is 1. The minimum atomic E-state index is -0.443. The molecule has 0 saturated heterocycles. The number of aromatic amines is 1. The number of hydrogen-bond donors (Lipinski definition) is 1. The number of hydrogen-bond acceptors (Lipinski definition) is 4. The van der Waals surface area contributed by atoms with Gasteiger partial charge in [-0.2, -0.15) is 0 Å². The molecule has 1 N–H and O–H groups in total. The average molecular weight is 372 g/mol. The van der Waals surface area contributed by atoms with Gasteiger partial charge in [0.2, 0.25) is 0 Å². The highest BCUT2D eigenvalue weighted by Crippen LogP contribution is 2.24. The quantitative estimate of drug-likeness (QED) is 0.675. The zero-order valence-corrected chi connectivity index (χ0v) is 16.4. The maximum atomic E-state index is 12.5. The zero-order chi connectivity index (χ0) is 18.8. The van der Waals surface area contributed by atoms with Crippen LogP contribution in [0.15, 0.2) is 39.0 Å². The third-order valence-corrected chi connectivity index (χ3v) is 5.37. The third-order valence-electron chi connectivity index (χ3n) is 4.36. The lowest BCUT2D eigenvalue weighted by Crippen LogP contribution is -2.29. The van der Waals surface area contributed by atoms with Gasteiger partial charge >= 0.3 is 5.69 Å². The largest absolute Gasteiger partial charge is 0.329 e. The summed E-state index contributed by atoms with van der Waals surface area (Å²) in [5.41, 5.74) is 2.32. The minimum absolute atomic E-state index is 0.390. The van der Waals surface area contributed by atoms with Gasteiger partial charge in [0.05, 0.1) is 6.54 Å². The summed E-state index contributed by atoms with van der Waals surface area (Å²) in [6.07, 6.45) is 1.06. The van der Waals surface area contributed by atoms with Gasteiger partial charge in [0.15, 0.2) is 16.3 Å². The summed E-state index contributed by atoms with van der Waals surface area (Å²) in [5, 5.41) is 0.771. The standard InChI is InChI=1S/C19H24N4O2S/c1-12(2)9-10-26-19-20-16-15(17(24)21-18(25)22(16)4)23(19)11-14-7-5-13(3)6-8-14/h5-8,12H,9-11H2,1-4H3,(H,21,24,25). The molecule has 2 aromatic heterocycles. The fourth-order valence-corrected chi connectivity index (χ4v) is 3.97. The van der Waals surface area contributed by atoms with E-state index in [0.29, 0.717) is 23.6 Å². The number of fused-ring (bicyclic) bond motifs is 1. The Morgan fingerprint density at radius 3 is 2.54 bits per heavy atom. The van der Waals surface area contributed by atoms with Gasteiger partial charge < -0.3 is 4.57 Å². The van der Waals surface area contributed by atoms with E-state index in [1.165, 1.54) is 10.1 Å². The number of aromatic nitrogens is 4. The summed E-state index contributed by atoms with van der Waals surface area (Å²) in [6.45, 7) is 6.96. The van der Waals surface area contributed by atoms with E-state index in [0.717, 1.165) is 22.9 Å². The van der Waals surface area contributed by atoms with Gasteiger partial charge in [-0.25, -0.2) is 9.78 Å². The Morgan fingerprint density at radius 1 is 1.19 bits per heavy atom. The van der Waals surface area contributed by atoms with Crippen molar-refractivity contribution in [3.63, 3.8) is 0 Å². The van der Waals surface area contributed by atoms with Gasteiger partial charge in [-0.1, -0.05) is 55.4 Å². The molecule has 0 radical (unpaired) electrons. The second kappa shape index (κ2) is 7.53. The molecule has 0 aliphatic carbocycles. The van der Waals surface area contributed by atoms with Gasteiger partial charge in [-0.3, -0.25) is 14.3 Å². The first-order valence-corrected chi connectivity index (χ1v) is 9.73. The van der Waals surface area contributed by atoms with Crippen LogP contribution in [0.2, 0.25) is 0 Å². The maximum Gasteiger partial charge on any atom is 0.329 e. The fourth-order valence-electron chi connectivity index (χ4n) is 2.73. The van der Waals surface area contributed by atoms with Crippen LogP contribution in [0.5, 0.6) is 0 Å². The predicted molar refractivity (Wildman–Crippen MR) is 106 cm³/mol. The molecular formula is C19H24N4O2S. The first kappa shape index (κ1) is 18.5. The summed E-state index contributed by atoms with van der Waals surface area (Å²) in [4.78, 5) is 31.4. The van der Waals surface area contributed by atoms with Crippen molar-refractivity contribution in [1.82, 2.24) is 19.1 Å². The molecule has 3 rings (SSSR count). The van der Waals surface area contributed by atoms with Crippen molar-refractivity contribution in [2.75, 3.05) is 5.75 Å². The van der Waals surface area contributed by atoms with Gasteiger partial charge in [-0.15, -0.1) is 0 Å². The van der Waals surface area contributed by atoms with E-state index >= 15 is 0 Å². The molecule has 0 fully saturated rings. The van der Waals surface area contributed by atoms with Crippen molar-refractivity contribution in [1.29, 1.82) is 0 Å². The lowest BCUT2D eigenvalue weighted by molar-refractivity contribution is 0.630. The van der Waals surface area contributed by atoms with Crippen LogP contribution < -0.4 is 11.2 Å². The minimum Gasteiger partial charge on any atom is -0.309 e. The number of thioether (sulfide) groups is 1. The number of rotatable bonds is 6. The van der Waals surface area contributed by atoms with E-state index in [9.17, 15) is 9.59 Å². The lowest BCUT2D eigenvalue weighted by atomic mass is 10.1. The summed E-state index contributed by atoms with van der Waals surface area (Å²) in [7, 11) is 1.63. The number of nitrogens with zero attached hydrogens (tertiary/aromatic N) is 3. The Hall–Kier alpha value is -2.28. The zero-order valence-electron chi connectivity index (χ0n) is 15.6. The molecule has 0 aliphatic rings. The van der Waals surface area contributed by atoms with Crippen LogP contribution in [-0.2, 0) is 13.6 Å². The van der Waals surface area contributed by atoms with Crippen molar-refractivity contribution in [3.05, 3.63) is 56.2 Å². The molecule has 2 heterocycles. The number of benzene rings is 1. The lowest BCUT2D eigenvalue weighted by Gasteiger charge is -2.09. The second-order valence-corrected chi connectivity index (χ2v) is 8.05. The van der Waals surface area contributed by atoms with Crippen LogP contribution >= 0.6 is 11.8 Å². The molecule has 0 saturated carbocycles. The molecule has 6 nitrogen and oxygen atoms in total. The van der Waals surface area contributed by atoms with Crippen LogP contribution in [0.1, 0.15) is 31.4 Å². The molecule has 1 aromatic carbocycles. The monoisotopic (exact) mass is 372 g/mol. The smallest absolute Gasteiger partial charge is 0.309 e. The normalized spacial score (nSPS) is 11.6. The Balaban J connectivity index is 2.09. The SMILES string of the molecule is Cc1ccc(Cn2c(SCCC(C)C)nc3c2c(=O)[nH]c(=O)n3C)cc1. The van der Waals surface area contributed by atoms with E-state index < -0.39 is 11.2 Å². The molecule has 0 amide bonds. The van der Waals surface area contributed by atoms with E-state index in [1.807, 2.05) is 11.5 Å². The topological polar surface area (TPSA) is 72.7 Å². The fraction of sp³-hybridized carbons (Fsp3) is 0.421. The van der Waals surface area contributed by atoms with Crippen molar-refractivity contribution < 1.29 is 0 Å². The Morgan fingerprint density at radius 2 is 1.88 bits per heavy atom. The first-order chi connectivity index (χ1) is 12.4. The van der Waals surface area contributed by atoms with E-state index in [-0.39, 0.29) is 0 Å². The molecular weight excluding hydrogens is 348 g/mol. The molecule has 0 bridgehead atoms. The van der Waals surface area contributed by atoms with E-state index in [4.69, 9.17) is 0 Å². The summed E-state index contributed by atoms with van der Waals surface area (Å²) in [5.74, 6) is 1.52. The van der Waals surface area contributed by atoms with Crippen LogP contribution in [-0.4, -0.2) is 24.9 Å². The average Bonchev–Trinajstić information content (AvgIpc) is 2.94. The molecule has 7 heteroatoms. The molecule has 0 aliphatic heterocycles. The molecule has 0 spiro atoms. The maximum absolute atomic E-state index is 12.5. The van der Waals surface area contributed by atoms with E-state index in [2.05, 4.69) is 48.1 Å². The highest BCUT2D eigenvalue weighted by atomic mass is 32.2. The van der Waals surface area contributed by atoms with Crippen LogP contribution in [0.3, 0.4) is 0 Å². The van der Waals surface area contributed by atoms with Gasteiger partial charge in [0.1, 0.15) is 0 Å².